The van der Waals surface area contributed by atoms with Crippen LogP contribution in [0.1, 0.15) is 36.5 Å². The second-order valence-electron chi connectivity index (χ2n) is 5.32. The first-order valence-corrected chi connectivity index (χ1v) is 7.59. The molecule has 0 N–H and O–H groups in total. The number of ether oxygens (including phenoxy) is 2. The number of benzene rings is 1. The van der Waals surface area contributed by atoms with Gasteiger partial charge < -0.3 is 9.47 Å². The Labute approximate surface area is 121 Å². The summed E-state index contributed by atoms with van der Waals surface area (Å²) >= 11 is 3.48. The van der Waals surface area contributed by atoms with Gasteiger partial charge in [-0.25, -0.2) is 0 Å². The molecule has 1 saturated carbocycles. The molecule has 102 valence electrons. The molecule has 0 aromatic heterocycles. The van der Waals surface area contributed by atoms with Gasteiger partial charge >= 0.3 is 0 Å². The zero-order valence-electron chi connectivity index (χ0n) is 10.9. The standard InChI is InChI=1S/C15H17BrO3/c1-9(10-3-4-10)15(17)11-7-13-14(8-12(11)16)19-6-2-5-18-13/h7-10H,2-6H2,1H3. The highest BCUT2D eigenvalue weighted by molar-refractivity contribution is 9.10. The van der Waals surface area contributed by atoms with Gasteiger partial charge in [0.05, 0.1) is 13.2 Å². The zero-order chi connectivity index (χ0) is 13.4. The van der Waals surface area contributed by atoms with Gasteiger partial charge in [0.25, 0.3) is 0 Å². The lowest BCUT2D eigenvalue weighted by Crippen LogP contribution is -2.14. The average Bonchev–Trinajstić information content (AvgIpc) is 3.23. The highest BCUT2D eigenvalue weighted by Gasteiger charge is 2.34. The van der Waals surface area contributed by atoms with Crippen molar-refractivity contribution < 1.29 is 14.3 Å². The number of hydrogen-bond donors (Lipinski definition) is 0. The van der Waals surface area contributed by atoms with Crippen LogP contribution in [0.5, 0.6) is 11.5 Å². The van der Waals surface area contributed by atoms with Gasteiger partial charge in [-0.05, 0) is 46.8 Å². The van der Waals surface area contributed by atoms with Gasteiger partial charge in [-0.1, -0.05) is 6.92 Å². The smallest absolute Gasteiger partial charge is 0.167 e. The largest absolute Gasteiger partial charge is 0.490 e. The molecule has 1 atom stereocenters. The molecule has 4 heteroatoms. The van der Waals surface area contributed by atoms with Crippen LogP contribution in [0, 0.1) is 11.8 Å². The Hall–Kier alpha value is -1.03. The summed E-state index contributed by atoms with van der Waals surface area (Å²) in [6.07, 6.45) is 3.22. The van der Waals surface area contributed by atoms with Crippen molar-refractivity contribution in [3.63, 3.8) is 0 Å². The lowest BCUT2D eigenvalue weighted by Gasteiger charge is -2.14. The minimum Gasteiger partial charge on any atom is -0.490 e. The van der Waals surface area contributed by atoms with Crippen molar-refractivity contribution in [3.8, 4) is 11.5 Å². The molecule has 3 nitrogen and oxygen atoms in total. The molecule has 1 fully saturated rings. The predicted octanol–water partition coefficient (Wildman–Crippen LogP) is 3.84. The molecule has 0 radical (unpaired) electrons. The Kier molecular flexibility index (Phi) is 3.52. The maximum Gasteiger partial charge on any atom is 0.167 e. The number of ketones is 1. The van der Waals surface area contributed by atoms with Gasteiger partial charge in [-0.15, -0.1) is 0 Å². The first kappa shape index (κ1) is 13.0. The summed E-state index contributed by atoms with van der Waals surface area (Å²) in [5, 5.41) is 0. The van der Waals surface area contributed by atoms with Crippen molar-refractivity contribution in [1.82, 2.24) is 0 Å². The Bertz CT molecular complexity index is 508. The number of fused-ring (bicyclic) bond motifs is 1. The predicted molar refractivity (Wildman–Crippen MR) is 76.0 cm³/mol. The highest BCUT2D eigenvalue weighted by atomic mass is 79.9. The van der Waals surface area contributed by atoms with Crippen molar-refractivity contribution in [3.05, 3.63) is 22.2 Å². The maximum atomic E-state index is 12.5. The normalized spacial score (nSPS) is 19.7. The quantitative estimate of drug-likeness (QED) is 0.792. The number of carbonyl (C=O) groups is 1. The summed E-state index contributed by atoms with van der Waals surface area (Å²) in [7, 11) is 0. The number of halogens is 1. The third-order valence-electron chi connectivity index (χ3n) is 3.85. The summed E-state index contributed by atoms with van der Waals surface area (Å²) < 4.78 is 12.1. The molecule has 0 saturated heterocycles. The van der Waals surface area contributed by atoms with E-state index in [0.717, 1.165) is 16.6 Å². The molecule has 1 heterocycles. The lowest BCUT2D eigenvalue weighted by atomic mass is 9.95. The molecule has 0 bridgehead atoms. The number of Topliss-reactive ketones (excluding diaryl/α,β-unsaturated/α-hetero) is 1. The van der Waals surface area contributed by atoms with Crippen LogP contribution in [0.2, 0.25) is 0 Å². The second-order valence-corrected chi connectivity index (χ2v) is 6.17. The summed E-state index contributed by atoms with van der Waals surface area (Å²) in [5.74, 6) is 2.27. The molecular formula is C15H17BrO3. The van der Waals surface area contributed by atoms with E-state index in [2.05, 4.69) is 15.9 Å². The van der Waals surface area contributed by atoms with Gasteiger partial charge in [0.2, 0.25) is 0 Å². The first-order chi connectivity index (χ1) is 9.16. The van der Waals surface area contributed by atoms with Crippen molar-refractivity contribution in [2.75, 3.05) is 13.2 Å². The Balaban J connectivity index is 1.92. The van der Waals surface area contributed by atoms with Crippen molar-refractivity contribution in [1.29, 1.82) is 0 Å². The Morgan fingerprint density at radius 1 is 1.26 bits per heavy atom. The molecule has 1 aliphatic heterocycles. The van der Waals surface area contributed by atoms with E-state index in [0.29, 0.717) is 30.4 Å². The van der Waals surface area contributed by atoms with Crippen LogP contribution in [0.25, 0.3) is 0 Å². The van der Waals surface area contributed by atoms with E-state index < -0.39 is 0 Å². The lowest BCUT2D eigenvalue weighted by molar-refractivity contribution is 0.0915. The van der Waals surface area contributed by atoms with E-state index in [4.69, 9.17) is 9.47 Å². The second kappa shape index (κ2) is 5.16. The average molecular weight is 325 g/mol. The van der Waals surface area contributed by atoms with Gasteiger partial charge in [0.15, 0.2) is 17.3 Å². The van der Waals surface area contributed by atoms with Crippen molar-refractivity contribution in [2.24, 2.45) is 11.8 Å². The van der Waals surface area contributed by atoms with E-state index in [1.165, 1.54) is 12.8 Å². The molecule has 0 spiro atoms. The Morgan fingerprint density at radius 3 is 2.53 bits per heavy atom. The summed E-state index contributed by atoms with van der Waals surface area (Å²) in [6, 6.07) is 3.68. The van der Waals surface area contributed by atoms with Crippen LogP contribution in [-0.2, 0) is 0 Å². The molecule has 1 aromatic rings. The molecule has 1 aliphatic carbocycles. The number of rotatable bonds is 3. The molecule has 19 heavy (non-hydrogen) atoms. The maximum absolute atomic E-state index is 12.5. The number of hydrogen-bond acceptors (Lipinski definition) is 3. The van der Waals surface area contributed by atoms with Crippen LogP contribution >= 0.6 is 15.9 Å². The molecule has 3 rings (SSSR count). The highest BCUT2D eigenvalue weighted by Crippen LogP contribution is 2.41. The monoisotopic (exact) mass is 324 g/mol. The van der Waals surface area contributed by atoms with Gasteiger partial charge in [-0.2, -0.15) is 0 Å². The van der Waals surface area contributed by atoms with E-state index in [1.54, 1.807) is 0 Å². The minimum absolute atomic E-state index is 0.0982. The van der Waals surface area contributed by atoms with Crippen molar-refractivity contribution >= 4 is 21.7 Å². The fourth-order valence-corrected chi connectivity index (χ4v) is 2.95. The number of carbonyl (C=O) groups excluding carboxylic acids is 1. The Morgan fingerprint density at radius 2 is 1.89 bits per heavy atom. The fraction of sp³-hybridized carbons (Fsp3) is 0.533. The molecular weight excluding hydrogens is 308 g/mol. The minimum atomic E-state index is 0.0982. The summed E-state index contributed by atoms with van der Waals surface area (Å²) in [4.78, 5) is 12.5. The van der Waals surface area contributed by atoms with E-state index in [1.807, 2.05) is 19.1 Å². The van der Waals surface area contributed by atoms with Crippen LogP contribution in [0.3, 0.4) is 0 Å². The third kappa shape index (κ3) is 2.64. The van der Waals surface area contributed by atoms with Gasteiger partial charge in [0.1, 0.15) is 0 Å². The van der Waals surface area contributed by atoms with Crippen LogP contribution < -0.4 is 9.47 Å². The van der Waals surface area contributed by atoms with Gasteiger partial charge in [-0.3, -0.25) is 4.79 Å². The van der Waals surface area contributed by atoms with Crippen LogP contribution in [0.4, 0.5) is 0 Å². The molecule has 0 amide bonds. The van der Waals surface area contributed by atoms with Crippen molar-refractivity contribution in [2.45, 2.75) is 26.2 Å². The van der Waals surface area contributed by atoms with Crippen LogP contribution in [-0.4, -0.2) is 19.0 Å². The van der Waals surface area contributed by atoms with Crippen LogP contribution in [0.15, 0.2) is 16.6 Å². The first-order valence-electron chi connectivity index (χ1n) is 6.80. The summed E-state index contributed by atoms with van der Waals surface area (Å²) in [6.45, 7) is 3.32. The molecule has 2 aliphatic rings. The topological polar surface area (TPSA) is 35.5 Å². The fourth-order valence-electron chi connectivity index (χ4n) is 2.43. The SMILES string of the molecule is CC(C(=O)c1cc2c(cc1Br)OCCCO2)C1CC1. The summed E-state index contributed by atoms with van der Waals surface area (Å²) in [5.41, 5.74) is 0.712. The molecule has 1 unspecified atom stereocenters. The third-order valence-corrected chi connectivity index (χ3v) is 4.50. The van der Waals surface area contributed by atoms with E-state index in [9.17, 15) is 4.79 Å². The van der Waals surface area contributed by atoms with E-state index in [-0.39, 0.29) is 11.7 Å². The van der Waals surface area contributed by atoms with Gasteiger partial charge in [0, 0.05) is 22.4 Å². The zero-order valence-corrected chi connectivity index (χ0v) is 12.5. The van der Waals surface area contributed by atoms with E-state index >= 15 is 0 Å². The molecule has 1 aromatic carbocycles.